The highest BCUT2D eigenvalue weighted by Gasteiger charge is 2.13. The van der Waals surface area contributed by atoms with Crippen LogP contribution in [0.5, 0.6) is 11.5 Å². The molecule has 0 saturated heterocycles. The van der Waals surface area contributed by atoms with E-state index in [1.165, 1.54) is 0 Å². The zero-order valence-corrected chi connectivity index (χ0v) is 15.0. The minimum Gasteiger partial charge on any atom is -0.497 e. The van der Waals surface area contributed by atoms with Crippen LogP contribution in [-0.4, -0.2) is 34.2 Å². The van der Waals surface area contributed by atoms with E-state index in [2.05, 4.69) is 5.32 Å². The molecular formula is C18H21ClN2O3. The van der Waals surface area contributed by atoms with Crippen molar-refractivity contribution in [2.75, 3.05) is 38.5 Å². The van der Waals surface area contributed by atoms with Crippen molar-refractivity contribution in [3.63, 3.8) is 0 Å². The molecule has 0 aliphatic carbocycles. The molecule has 128 valence electrons. The Bertz CT molecular complexity index is 732. The van der Waals surface area contributed by atoms with Gasteiger partial charge in [0.15, 0.2) is 0 Å². The van der Waals surface area contributed by atoms with Gasteiger partial charge in [0, 0.05) is 24.7 Å². The number of nitrogens with zero attached hydrogens (tertiary/aromatic N) is 1. The molecule has 0 unspecified atom stereocenters. The molecular weight excluding hydrogens is 328 g/mol. The largest absolute Gasteiger partial charge is 0.497 e. The summed E-state index contributed by atoms with van der Waals surface area (Å²) in [7, 11) is 6.97. The molecule has 5 nitrogen and oxygen atoms in total. The number of benzene rings is 2. The lowest BCUT2D eigenvalue weighted by Gasteiger charge is -2.18. The smallest absolute Gasteiger partial charge is 0.228 e. The van der Waals surface area contributed by atoms with Gasteiger partial charge in [0.05, 0.1) is 32.0 Å². The minimum atomic E-state index is -0.160. The molecule has 0 saturated carbocycles. The lowest BCUT2D eigenvalue weighted by molar-refractivity contribution is -0.115. The van der Waals surface area contributed by atoms with E-state index in [0.717, 1.165) is 11.3 Å². The summed E-state index contributed by atoms with van der Waals surface area (Å²) in [5, 5.41) is 3.47. The topological polar surface area (TPSA) is 50.8 Å². The quantitative estimate of drug-likeness (QED) is 0.866. The molecule has 2 rings (SSSR count). The van der Waals surface area contributed by atoms with E-state index >= 15 is 0 Å². The fourth-order valence-electron chi connectivity index (χ4n) is 2.39. The van der Waals surface area contributed by atoms with E-state index < -0.39 is 0 Å². The van der Waals surface area contributed by atoms with Gasteiger partial charge in [-0.2, -0.15) is 0 Å². The standard InChI is InChI=1S/C18H21ClN2O3/c1-21(2)16-7-5-13(19)11-15(16)20-18(22)10-12-9-14(23-3)6-8-17(12)24-4/h5-9,11H,10H2,1-4H3,(H,20,22). The number of nitrogens with one attached hydrogen (secondary N) is 1. The molecule has 24 heavy (non-hydrogen) atoms. The first-order valence-electron chi connectivity index (χ1n) is 7.42. The van der Waals surface area contributed by atoms with Crippen LogP contribution in [0, 0.1) is 0 Å². The molecule has 0 heterocycles. The highest BCUT2D eigenvalue weighted by atomic mass is 35.5. The lowest BCUT2D eigenvalue weighted by Crippen LogP contribution is -2.18. The third-order valence-corrected chi connectivity index (χ3v) is 3.79. The number of hydrogen-bond acceptors (Lipinski definition) is 4. The number of rotatable bonds is 6. The minimum absolute atomic E-state index is 0.160. The van der Waals surface area contributed by atoms with Gasteiger partial charge in [0.2, 0.25) is 5.91 Å². The molecule has 0 aliphatic heterocycles. The predicted octanol–water partition coefficient (Wildman–Crippen LogP) is 3.60. The van der Waals surface area contributed by atoms with Crippen LogP contribution in [0.4, 0.5) is 11.4 Å². The Labute approximate surface area is 147 Å². The van der Waals surface area contributed by atoms with Gasteiger partial charge in [0.1, 0.15) is 11.5 Å². The molecule has 1 N–H and O–H groups in total. The molecule has 1 amide bonds. The van der Waals surface area contributed by atoms with Crippen LogP contribution in [0.2, 0.25) is 5.02 Å². The highest BCUT2D eigenvalue weighted by molar-refractivity contribution is 6.31. The number of amides is 1. The number of carbonyl (C=O) groups excluding carboxylic acids is 1. The number of halogens is 1. The summed E-state index contributed by atoms with van der Waals surface area (Å²) >= 11 is 6.05. The SMILES string of the molecule is COc1ccc(OC)c(CC(=O)Nc2cc(Cl)ccc2N(C)C)c1. The first-order chi connectivity index (χ1) is 11.4. The van der Waals surface area contributed by atoms with Crippen molar-refractivity contribution < 1.29 is 14.3 Å². The fourth-order valence-corrected chi connectivity index (χ4v) is 2.56. The molecule has 0 radical (unpaired) electrons. The summed E-state index contributed by atoms with van der Waals surface area (Å²) in [5.41, 5.74) is 2.30. The van der Waals surface area contributed by atoms with Gasteiger partial charge in [-0.05, 0) is 36.4 Å². The maximum atomic E-state index is 12.5. The van der Waals surface area contributed by atoms with Gasteiger partial charge in [0.25, 0.3) is 0 Å². The van der Waals surface area contributed by atoms with E-state index in [-0.39, 0.29) is 12.3 Å². The maximum Gasteiger partial charge on any atom is 0.228 e. The molecule has 0 aliphatic rings. The Morgan fingerprint density at radius 1 is 1.12 bits per heavy atom. The number of carbonyl (C=O) groups is 1. The van der Waals surface area contributed by atoms with E-state index in [0.29, 0.717) is 22.2 Å². The molecule has 0 bridgehead atoms. The summed E-state index contributed by atoms with van der Waals surface area (Å²) in [6, 6.07) is 10.8. The van der Waals surface area contributed by atoms with Crippen molar-refractivity contribution in [3.8, 4) is 11.5 Å². The van der Waals surface area contributed by atoms with Gasteiger partial charge in [-0.25, -0.2) is 0 Å². The Morgan fingerprint density at radius 2 is 1.88 bits per heavy atom. The lowest BCUT2D eigenvalue weighted by atomic mass is 10.1. The third-order valence-electron chi connectivity index (χ3n) is 3.55. The molecule has 0 atom stereocenters. The second-order valence-corrected chi connectivity index (χ2v) is 5.90. The van der Waals surface area contributed by atoms with E-state index in [4.69, 9.17) is 21.1 Å². The molecule has 2 aromatic carbocycles. The third kappa shape index (κ3) is 4.32. The molecule has 0 aromatic heterocycles. The fraction of sp³-hybridized carbons (Fsp3) is 0.278. The monoisotopic (exact) mass is 348 g/mol. The Morgan fingerprint density at radius 3 is 2.50 bits per heavy atom. The van der Waals surface area contributed by atoms with Crippen LogP contribution in [0.1, 0.15) is 5.56 Å². The van der Waals surface area contributed by atoms with E-state index in [1.807, 2.05) is 25.1 Å². The van der Waals surface area contributed by atoms with Crippen LogP contribution < -0.4 is 19.7 Å². The van der Waals surface area contributed by atoms with Gasteiger partial charge >= 0.3 is 0 Å². The second kappa shape index (κ2) is 7.93. The van der Waals surface area contributed by atoms with Crippen LogP contribution >= 0.6 is 11.6 Å². The summed E-state index contributed by atoms with van der Waals surface area (Å²) in [4.78, 5) is 14.4. The zero-order valence-electron chi connectivity index (χ0n) is 14.2. The Hall–Kier alpha value is -2.40. The predicted molar refractivity (Wildman–Crippen MR) is 97.7 cm³/mol. The van der Waals surface area contributed by atoms with Crippen molar-refractivity contribution >= 4 is 28.9 Å². The van der Waals surface area contributed by atoms with Gasteiger partial charge < -0.3 is 19.7 Å². The normalized spacial score (nSPS) is 10.2. The average Bonchev–Trinajstić information content (AvgIpc) is 2.54. The number of methoxy groups -OCH3 is 2. The van der Waals surface area contributed by atoms with E-state index in [9.17, 15) is 4.79 Å². The first kappa shape index (κ1) is 17.9. The van der Waals surface area contributed by atoms with Crippen molar-refractivity contribution in [1.82, 2.24) is 0 Å². The molecule has 6 heteroatoms. The van der Waals surface area contributed by atoms with Gasteiger partial charge in [-0.3, -0.25) is 4.79 Å². The molecule has 0 fully saturated rings. The van der Waals surface area contributed by atoms with Crippen LogP contribution in [0.3, 0.4) is 0 Å². The zero-order chi connectivity index (χ0) is 17.7. The average molecular weight is 349 g/mol. The highest BCUT2D eigenvalue weighted by Crippen LogP contribution is 2.29. The second-order valence-electron chi connectivity index (χ2n) is 5.46. The molecule has 0 spiro atoms. The number of anilines is 2. The Kier molecular flexibility index (Phi) is 5.93. The van der Waals surface area contributed by atoms with Gasteiger partial charge in [-0.15, -0.1) is 0 Å². The number of ether oxygens (including phenoxy) is 2. The first-order valence-corrected chi connectivity index (χ1v) is 7.80. The summed E-state index contributed by atoms with van der Waals surface area (Å²) in [6.07, 6.45) is 0.166. The van der Waals surface area contributed by atoms with E-state index in [1.54, 1.807) is 44.6 Å². The maximum absolute atomic E-state index is 12.5. The van der Waals surface area contributed by atoms with Gasteiger partial charge in [-0.1, -0.05) is 11.6 Å². The summed E-state index contributed by atoms with van der Waals surface area (Å²) in [5.74, 6) is 1.16. The van der Waals surface area contributed by atoms with Crippen molar-refractivity contribution in [2.45, 2.75) is 6.42 Å². The summed E-state index contributed by atoms with van der Waals surface area (Å²) < 4.78 is 10.5. The van der Waals surface area contributed by atoms with Crippen molar-refractivity contribution in [2.24, 2.45) is 0 Å². The molecule has 2 aromatic rings. The van der Waals surface area contributed by atoms with Crippen LogP contribution in [-0.2, 0) is 11.2 Å². The van der Waals surface area contributed by atoms with Crippen LogP contribution in [0.25, 0.3) is 0 Å². The van der Waals surface area contributed by atoms with Crippen molar-refractivity contribution in [3.05, 3.63) is 47.0 Å². The van der Waals surface area contributed by atoms with Crippen molar-refractivity contribution in [1.29, 1.82) is 0 Å². The number of hydrogen-bond donors (Lipinski definition) is 1. The summed E-state index contributed by atoms with van der Waals surface area (Å²) in [6.45, 7) is 0. The Balaban J connectivity index is 2.21. The van der Waals surface area contributed by atoms with Crippen LogP contribution in [0.15, 0.2) is 36.4 Å².